The fourth-order valence-electron chi connectivity index (χ4n) is 2.85. The number of nitrogens with zero attached hydrogens (tertiary/aromatic N) is 1. The third kappa shape index (κ3) is 8.11. The third-order valence-electron chi connectivity index (χ3n) is 4.15. The number of nitrogens with two attached hydrogens (primary N) is 1. The third-order valence-corrected chi connectivity index (χ3v) is 4.15. The summed E-state index contributed by atoms with van der Waals surface area (Å²) in [5, 5.41) is 2.85. The Labute approximate surface area is 151 Å². The summed E-state index contributed by atoms with van der Waals surface area (Å²) in [4.78, 5) is 13.7. The largest absolute Gasteiger partial charge is 0.378 e. The van der Waals surface area contributed by atoms with Crippen LogP contribution in [0.2, 0.25) is 0 Å². The first-order valence-corrected chi connectivity index (χ1v) is 8.62. The van der Waals surface area contributed by atoms with Gasteiger partial charge in [0.1, 0.15) is 0 Å². The van der Waals surface area contributed by atoms with Crippen molar-refractivity contribution in [1.82, 2.24) is 10.2 Å². The molecule has 1 aromatic rings. The Hall–Kier alpha value is -1.14. The van der Waals surface area contributed by atoms with E-state index in [1.807, 2.05) is 0 Å². The van der Waals surface area contributed by atoms with Gasteiger partial charge in [0, 0.05) is 45.8 Å². The quantitative estimate of drug-likeness (QED) is 0.664. The summed E-state index contributed by atoms with van der Waals surface area (Å²) in [6.07, 6.45) is 3.81. The van der Waals surface area contributed by atoms with Crippen molar-refractivity contribution in [2.45, 2.75) is 38.3 Å². The van der Waals surface area contributed by atoms with Gasteiger partial charge in [-0.3, -0.25) is 9.69 Å². The normalized spacial score (nSPS) is 15.7. The lowest BCUT2D eigenvalue weighted by atomic mass is 10.1. The number of benzene rings is 1. The Bertz CT molecular complexity index is 451. The highest BCUT2D eigenvalue weighted by Gasteiger charge is 2.19. The Morgan fingerprint density at radius 2 is 1.96 bits per heavy atom. The zero-order valence-electron chi connectivity index (χ0n) is 14.3. The highest BCUT2D eigenvalue weighted by atomic mass is 35.5. The van der Waals surface area contributed by atoms with Crippen LogP contribution in [0.3, 0.4) is 0 Å². The Morgan fingerprint density at radius 3 is 2.62 bits per heavy atom. The van der Waals surface area contributed by atoms with E-state index in [4.69, 9.17) is 10.5 Å². The second-order valence-electron chi connectivity index (χ2n) is 6.07. The topological polar surface area (TPSA) is 67.6 Å². The van der Waals surface area contributed by atoms with Crippen molar-refractivity contribution in [1.29, 1.82) is 0 Å². The Kier molecular flexibility index (Phi) is 10.7. The molecule has 136 valence electrons. The van der Waals surface area contributed by atoms with Gasteiger partial charge in [-0.25, -0.2) is 0 Å². The van der Waals surface area contributed by atoms with E-state index in [1.165, 1.54) is 5.56 Å². The number of amides is 1. The van der Waals surface area contributed by atoms with Crippen LogP contribution in [0.1, 0.15) is 31.2 Å². The molecule has 0 saturated carbocycles. The molecule has 0 aliphatic carbocycles. The SMILES string of the molecule is Cl.NCCC(=O)NCCCOC1CCN(Cc2ccccc2)CC1. The molecule has 5 nitrogen and oxygen atoms in total. The number of carbonyl (C=O) groups is 1. The minimum absolute atomic E-state index is 0. The first-order chi connectivity index (χ1) is 11.3. The molecule has 0 radical (unpaired) electrons. The van der Waals surface area contributed by atoms with Crippen molar-refractivity contribution in [3.8, 4) is 0 Å². The molecule has 6 heteroatoms. The van der Waals surface area contributed by atoms with Gasteiger partial charge in [-0.15, -0.1) is 12.4 Å². The number of hydrogen-bond acceptors (Lipinski definition) is 4. The van der Waals surface area contributed by atoms with Crippen LogP contribution in [0, 0.1) is 0 Å². The second-order valence-corrected chi connectivity index (χ2v) is 6.07. The van der Waals surface area contributed by atoms with Crippen molar-refractivity contribution in [2.75, 3.05) is 32.8 Å². The standard InChI is InChI=1S/C18H29N3O2.ClH/c19-10-7-18(22)20-11-4-14-23-17-8-12-21(13-9-17)15-16-5-2-1-3-6-16;/h1-3,5-6,17H,4,7-15,19H2,(H,20,22);1H. The van der Waals surface area contributed by atoms with E-state index in [1.54, 1.807) is 0 Å². The maximum Gasteiger partial charge on any atom is 0.221 e. The average Bonchev–Trinajstić information content (AvgIpc) is 2.57. The Balaban J connectivity index is 0.00000288. The molecule has 3 N–H and O–H groups in total. The monoisotopic (exact) mass is 355 g/mol. The van der Waals surface area contributed by atoms with Crippen molar-refractivity contribution < 1.29 is 9.53 Å². The first-order valence-electron chi connectivity index (χ1n) is 8.62. The smallest absolute Gasteiger partial charge is 0.221 e. The van der Waals surface area contributed by atoms with E-state index in [-0.39, 0.29) is 18.3 Å². The zero-order chi connectivity index (χ0) is 16.3. The summed E-state index contributed by atoms with van der Waals surface area (Å²) in [6, 6.07) is 10.6. The molecule has 0 unspecified atom stereocenters. The minimum Gasteiger partial charge on any atom is -0.378 e. The molecule has 24 heavy (non-hydrogen) atoms. The van der Waals surface area contributed by atoms with Gasteiger partial charge in [0.2, 0.25) is 5.91 Å². The predicted octanol–water partition coefficient (Wildman–Crippen LogP) is 1.94. The molecule has 0 atom stereocenters. The van der Waals surface area contributed by atoms with Gasteiger partial charge in [-0.05, 0) is 24.8 Å². The van der Waals surface area contributed by atoms with Crippen LogP contribution in [-0.4, -0.2) is 49.7 Å². The molecule has 0 bridgehead atoms. The molecule has 1 aliphatic heterocycles. The van der Waals surface area contributed by atoms with Crippen molar-refractivity contribution in [3.05, 3.63) is 35.9 Å². The molecule has 2 rings (SSSR count). The van der Waals surface area contributed by atoms with E-state index in [9.17, 15) is 4.79 Å². The fourth-order valence-corrected chi connectivity index (χ4v) is 2.85. The van der Waals surface area contributed by atoms with Gasteiger partial charge in [0.25, 0.3) is 0 Å². The van der Waals surface area contributed by atoms with E-state index in [2.05, 4.69) is 40.5 Å². The summed E-state index contributed by atoms with van der Waals surface area (Å²) in [5.74, 6) is 0.0294. The van der Waals surface area contributed by atoms with Gasteiger partial charge in [-0.1, -0.05) is 30.3 Å². The number of carbonyl (C=O) groups excluding carboxylic acids is 1. The number of likely N-dealkylation sites (tertiary alicyclic amines) is 1. The van der Waals surface area contributed by atoms with Crippen LogP contribution in [0.4, 0.5) is 0 Å². The fraction of sp³-hybridized carbons (Fsp3) is 0.611. The number of nitrogens with one attached hydrogen (secondary N) is 1. The van der Waals surface area contributed by atoms with Crippen LogP contribution in [0.15, 0.2) is 30.3 Å². The Morgan fingerprint density at radius 1 is 1.25 bits per heavy atom. The van der Waals surface area contributed by atoms with Crippen molar-refractivity contribution in [3.63, 3.8) is 0 Å². The van der Waals surface area contributed by atoms with Gasteiger partial charge in [0.15, 0.2) is 0 Å². The minimum atomic E-state index is 0. The van der Waals surface area contributed by atoms with Crippen LogP contribution in [0.25, 0.3) is 0 Å². The molecule has 0 aromatic heterocycles. The summed E-state index contributed by atoms with van der Waals surface area (Å²) >= 11 is 0. The number of piperidine rings is 1. The van der Waals surface area contributed by atoms with Gasteiger partial charge in [-0.2, -0.15) is 0 Å². The second kappa shape index (κ2) is 12.3. The molecule has 1 fully saturated rings. The summed E-state index contributed by atoms with van der Waals surface area (Å²) in [6.45, 7) is 5.00. The van der Waals surface area contributed by atoms with Gasteiger partial charge >= 0.3 is 0 Å². The molecule has 1 saturated heterocycles. The molecule has 1 aliphatic rings. The molecule has 1 aromatic carbocycles. The van der Waals surface area contributed by atoms with Crippen molar-refractivity contribution in [2.24, 2.45) is 5.73 Å². The van der Waals surface area contributed by atoms with E-state index >= 15 is 0 Å². The van der Waals surface area contributed by atoms with Crippen LogP contribution in [0.5, 0.6) is 0 Å². The van der Waals surface area contributed by atoms with Crippen LogP contribution in [-0.2, 0) is 16.1 Å². The lowest BCUT2D eigenvalue weighted by Gasteiger charge is -2.32. The molecular formula is C18H30ClN3O2. The average molecular weight is 356 g/mol. The summed E-state index contributed by atoms with van der Waals surface area (Å²) in [7, 11) is 0. The molecule has 0 spiro atoms. The zero-order valence-corrected chi connectivity index (χ0v) is 15.1. The molecule has 1 amide bonds. The maximum absolute atomic E-state index is 11.3. The highest BCUT2D eigenvalue weighted by molar-refractivity contribution is 5.85. The van der Waals surface area contributed by atoms with Crippen LogP contribution >= 0.6 is 12.4 Å². The lowest BCUT2D eigenvalue weighted by Crippen LogP contribution is -2.37. The summed E-state index contributed by atoms with van der Waals surface area (Å²) < 4.78 is 5.92. The summed E-state index contributed by atoms with van der Waals surface area (Å²) in [5.41, 5.74) is 6.70. The van der Waals surface area contributed by atoms with E-state index < -0.39 is 0 Å². The highest BCUT2D eigenvalue weighted by Crippen LogP contribution is 2.16. The van der Waals surface area contributed by atoms with Gasteiger partial charge in [0.05, 0.1) is 6.10 Å². The predicted molar refractivity (Wildman–Crippen MR) is 99.2 cm³/mol. The maximum atomic E-state index is 11.3. The molecule has 1 heterocycles. The molecular weight excluding hydrogens is 326 g/mol. The number of rotatable bonds is 9. The van der Waals surface area contributed by atoms with Crippen molar-refractivity contribution >= 4 is 18.3 Å². The van der Waals surface area contributed by atoms with Crippen LogP contribution < -0.4 is 11.1 Å². The number of hydrogen-bond donors (Lipinski definition) is 2. The van der Waals surface area contributed by atoms with E-state index in [0.29, 0.717) is 32.2 Å². The van der Waals surface area contributed by atoms with E-state index in [0.717, 1.165) is 38.9 Å². The number of ether oxygens (including phenoxy) is 1. The first kappa shape index (κ1) is 20.9. The number of halogens is 1. The van der Waals surface area contributed by atoms with Gasteiger partial charge < -0.3 is 15.8 Å². The lowest BCUT2D eigenvalue weighted by molar-refractivity contribution is -0.120.